The highest BCUT2D eigenvalue weighted by atomic mass is 16.1. The standard InChI is InChI=1S/C20H25N7O/c1-14-4-6-15(7-5-14)27-18-11-20(2,3)10-17(16(18)12-22-27)23-19(28)8-9-26-13-21-24-25-26/h4-7,12-13,17H,8-11H2,1-3H3,(H,23,28). The lowest BCUT2D eigenvalue weighted by molar-refractivity contribution is -0.122. The number of nitrogens with zero attached hydrogens (tertiary/aromatic N) is 6. The Morgan fingerprint density at radius 3 is 2.79 bits per heavy atom. The van der Waals surface area contributed by atoms with Crippen LogP contribution in [0.4, 0.5) is 0 Å². The van der Waals surface area contributed by atoms with Crippen LogP contribution in [0.25, 0.3) is 5.69 Å². The highest BCUT2D eigenvalue weighted by Gasteiger charge is 2.35. The third-order valence-corrected chi connectivity index (χ3v) is 5.25. The van der Waals surface area contributed by atoms with E-state index in [-0.39, 0.29) is 17.4 Å². The number of benzene rings is 1. The van der Waals surface area contributed by atoms with E-state index in [9.17, 15) is 4.79 Å². The van der Waals surface area contributed by atoms with Gasteiger partial charge in [-0.1, -0.05) is 31.5 Å². The summed E-state index contributed by atoms with van der Waals surface area (Å²) in [7, 11) is 0. The number of fused-ring (bicyclic) bond motifs is 1. The molecule has 8 nitrogen and oxygen atoms in total. The van der Waals surface area contributed by atoms with Gasteiger partial charge in [0, 0.05) is 12.0 Å². The van der Waals surface area contributed by atoms with Crippen LogP contribution < -0.4 is 5.32 Å². The van der Waals surface area contributed by atoms with Gasteiger partial charge in [0.25, 0.3) is 0 Å². The van der Waals surface area contributed by atoms with E-state index >= 15 is 0 Å². The Morgan fingerprint density at radius 2 is 2.07 bits per heavy atom. The average Bonchev–Trinajstić information content (AvgIpc) is 3.29. The zero-order valence-electron chi connectivity index (χ0n) is 16.5. The minimum atomic E-state index is -0.0423. The van der Waals surface area contributed by atoms with Crippen LogP contribution in [-0.4, -0.2) is 35.9 Å². The number of aryl methyl sites for hydroxylation is 2. The van der Waals surface area contributed by atoms with Crippen molar-refractivity contribution in [1.29, 1.82) is 0 Å². The molecule has 0 radical (unpaired) electrons. The molecule has 28 heavy (non-hydrogen) atoms. The molecule has 1 aromatic carbocycles. The van der Waals surface area contributed by atoms with E-state index in [4.69, 9.17) is 0 Å². The smallest absolute Gasteiger partial charge is 0.222 e. The predicted molar refractivity (Wildman–Crippen MR) is 104 cm³/mol. The molecule has 1 aliphatic carbocycles. The summed E-state index contributed by atoms with van der Waals surface area (Å²) in [6.45, 7) is 7.02. The summed E-state index contributed by atoms with van der Waals surface area (Å²) in [5, 5.41) is 18.8. The van der Waals surface area contributed by atoms with E-state index in [0.717, 1.165) is 24.1 Å². The van der Waals surface area contributed by atoms with Crippen LogP contribution in [0.5, 0.6) is 0 Å². The first-order chi connectivity index (χ1) is 13.4. The van der Waals surface area contributed by atoms with Gasteiger partial charge in [-0.15, -0.1) is 5.10 Å². The fraction of sp³-hybridized carbons (Fsp3) is 0.450. The zero-order valence-corrected chi connectivity index (χ0v) is 16.5. The Morgan fingerprint density at radius 1 is 1.29 bits per heavy atom. The van der Waals surface area contributed by atoms with E-state index in [2.05, 4.69) is 71.0 Å². The second-order valence-electron chi connectivity index (χ2n) is 8.28. The number of rotatable bonds is 5. The molecule has 0 saturated carbocycles. The number of nitrogens with one attached hydrogen (secondary N) is 1. The molecule has 1 amide bonds. The Labute approximate surface area is 163 Å². The van der Waals surface area contributed by atoms with Crippen LogP contribution in [0.15, 0.2) is 36.8 Å². The average molecular weight is 379 g/mol. The number of amides is 1. The maximum absolute atomic E-state index is 12.5. The molecule has 2 heterocycles. The van der Waals surface area contributed by atoms with Crippen molar-refractivity contribution in [3.05, 3.63) is 53.6 Å². The summed E-state index contributed by atoms with van der Waals surface area (Å²) in [6.07, 6.45) is 5.56. The lowest BCUT2D eigenvalue weighted by atomic mass is 9.74. The molecule has 2 aromatic heterocycles. The SMILES string of the molecule is Cc1ccc(-n2ncc3c2CC(C)(C)CC3NC(=O)CCn2cnnn2)cc1. The Kier molecular flexibility index (Phi) is 4.70. The normalized spacial score (nSPS) is 17.9. The highest BCUT2D eigenvalue weighted by molar-refractivity contribution is 5.76. The lowest BCUT2D eigenvalue weighted by Gasteiger charge is -2.36. The van der Waals surface area contributed by atoms with Gasteiger partial charge in [-0.3, -0.25) is 4.79 Å². The molecule has 8 heteroatoms. The van der Waals surface area contributed by atoms with Crippen LogP contribution in [0.1, 0.15) is 49.6 Å². The Bertz CT molecular complexity index is 957. The first-order valence-electron chi connectivity index (χ1n) is 9.55. The zero-order chi connectivity index (χ0) is 19.7. The second-order valence-corrected chi connectivity index (χ2v) is 8.28. The van der Waals surface area contributed by atoms with Crippen molar-refractivity contribution in [3.8, 4) is 5.69 Å². The Hall–Kier alpha value is -3.03. The molecule has 1 N–H and O–H groups in total. The number of hydrogen-bond acceptors (Lipinski definition) is 5. The van der Waals surface area contributed by atoms with Crippen molar-refractivity contribution in [2.45, 2.75) is 52.6 Å². The first kappa shape index (κ1) is 18.3. The molecule has 0 bridgehead atoms. The van der Waals surface area contributed by atoms with Gasteiger partial charge >= 0.3 is 0 Å². The van der Waals surface area contributed by atoms with E-state index in [0.29, 0.717) is 13.0 Å². The van der Waals surface area contributed by atoms with Gasteiger partial charge in [0.2, 0.25) is 5.91 Å². The van der Waals surface area contributed by atoms with Crippen molar-refractivity contribution in [2.75, 3.05) is 0 Å². The molecular weight excluding hydrogens is 354 g/mol. The van der Waals surface area contributed by atoms with Crippen molar-refractivity contribution < 1.29 is 4.79 Å². The highest BCUT2D eigenvalue weighted by Crippen LogP contribution is 2.41. The first-order valence-corrected chi connectivity index (χ1v) is 9.55. The molecular formula is C20H25N7O. The van der Waals surface area contributed by atoms with Gasteiger partial charge in [-0.2, -0.15) is 5.10 Å². The van der Waals surface area contributed by atoms with Crippen LogP contribution in [0.2, 0.25) is 0 Å². The van der Waals surface area contributed by atoms with E-state index < -0.39 is 0 Å². The molecule has 1 aliphatic rings. The quantitative estimate of drug-likeness (QED) is 0.735. The van der Waals surface area contributed by atoms with Gasteiger partial charge < -0.3 is 5.32 Å². The minimum Gasteiger partial charge on any atom is -0.349 e. The monoisotopic (exact) mass is 379 g/mol. The summed E-state index contributed by atoms with van der Waals surface area (Å²) in [4.78, 5) is 12.5. The van der Waals surface area contributed by atoms with Crippen LogP contribution in [0.3, 0.4) is 0 Å². The molecule has 4 rings (SSSR count). The summed E-state index contributed by atoms with van der Waals surface area (Å²) < 4.78 is 3.57. The third kappa shape index (κ3) is 3.81. The maximum Gasteiger partial charge on any atom is 0.222 e. The maximum atomic E-state index is 12.5. The molecule has 0 aliphatic heterocycles. The molecule has 1 unspecified atom stereocenters. The molecule has 3 aromatic rings. The molecule has 0 fully saturated rings. The van der Waals surface area contributed by atoms with E-state index in [1.54, 1.807) is 4.68 Å². The molecule has 146 valence electrons. The third-order valence-electron chi connectivity index (χ3n) is 5.25. The van der Waals surface area contributed by atoms with Gasteiger partial charge in [0.15, 0.2) is 0 Å². The molecule has 0 saturated heterocycles. The fourth-order valence-electron chi connectivity index (χ4n) is 3.85. The largest absolute Gasteiger partial charge is 0.349 e. The number of hydrogen-bond donors (Lipinski definition) is 1. The van der Waals surface area contributed by atoms with Crippen molar-refractivity contribution >= 4 is 5.91 Å². The number of aromatic nitrogens is 6. The second kappa shape index (κ2) is 7.18. The summed E-state index contributed by atoms with van der Waals surface area (Å²) in [6, 6.07) is 8.32. The van der Waals surface area contributed by atoms with Crippen LogP contribution in [-0.2, 0) is 17.8 Å². The summed E-state index contributed by atoms with van der Waals surface area (Å²) >= 11 is 0. The van der Waals surface area contributed by atoms with Gasteiger partial charge in [0.1, 0.15) is 6.33 Å². The van der Waals surface area contributed by atoms with E-state index in [1.807, 2.05) is 10.9 Å². The number of carbonyl (C=O) groups is 1. The molecule has 1 atom stereocenters. The number of tetrazole rings is 1. The van der Waals surface area contributed by atoms with Gasteiger partial charge in [-0.25, -0.2) is 9.36 Å². The van der Waals surface area contributed by atoms with Gasteiger partial charge in [0.05, 0.1) is 30.2 Å². The van der Waals surface area contributed by atoms with Gasteiger partial charge in [-0.05, 0) is 47.7 Å². The molecule has 0 spiro atoms. The van der Waals surface area contributed by atoms with Crippen molar-refractivity contribution in [2.24, 2.45) is 5.41 Å². The van der Waals surface area contributed by atoms with Crippen molar-refractivity contribution in [1.82, 2.24) is 35.3 Å². The summed E-state index contributed by atoms with van der Waals surface area (Å²) in [5.74, 6) is -0.00719. The minimum absolute atomic E-state index is 0.00719. The van der Waals surface area contributed by atoms with Crippen molar-refractivity contribution in [3.63, 3.8) is 0 Å². The lowest BCUT2D eigenvalue weighted by Crippen LogP contribution is -2.37. The number of carbonyl (C=O) groups excluding carboxylic acids is 1. The Balaban J connectivity index is 1.55. The van der Waals surface area contributed by atoms with E-state index in [1.165, 1.54) is 17.6 Å². The predicted octanol–water partition coefficient (Wildman–Crippen LogP) is 2.39. The summed E-state index contributed by atoms with van der Waals surface area (Å²) in [5.41, 5.74) is 4.62. The topological polar surface area (TPSA) is 90.5 Å². The van der Waals surface area contributed by atoms with Crippen LogP contribution >= 0.6 is 0 Å². The fourth-order valence-corrected chi connectivity index (χ4v) is 3.85. The van der Waals surface area contributed by atoms with Crippen LogP contribution in [0, 0.1) is 12.3 Å².